The van der Waals surface area contributed by atoms with E-state index < -0.39 is 0 Å². The number of rotatable bonds is 6. The van der Waals surface area contributed by atoms with E-state index in [-0.39, 0.29) is 5.91 Å². The first-order valence-electron chi connectivity index (χ1n) is 8.45. The van der Waals surface area contributed by atoms with Crippen molar-refractivity contribution in [2.75, 3.05) is 19.6 Å². The maximum absolute atomic E-state index is 12.6. The molecule has 0 bridgehead atoms. The van der Waals surface area contributed by atoms with E-state index in [0.717, 1.165) is 47.2 Å². The van der Waals surface area contributed by atoms with Crippen molar-refractivity contribution in [1.82, 2.24) is 15.8 Å². The number of amides is 1. The molecule has 2 heterocycles. The fourth-order valence-corrected chi connectivity index (χ4v) is 3.96. The van der Waals surface area contributed by atoms with Crippen molar-refractivity contribution < 1.29 is 9.32 Å². The van der Waals surface area contributed by atoms with E-state index in [1.807, 2.05) is 38.1 Å². The number of aryl methyl sites for hydroxylation is 2. The van der Waals surface area contributed by atoms with Gasteiger partial charge in [-0.3, -0.25) is 4.79 Å². The molecule has 1 aromatic carbocycles. The van der Waals surface area contributed by atoms with Crippen molar-refractivity contribution in [2.45, 2.75) is 30.9 Å². The van der Waals surface area contributed by atoms with E-state index in [4.69, 9.17) is 4.52 Å². The number of hydrogen-bond donors (Lipinski definition) is 2. The summed E-state index contributed by atoms with van der Waals surface area (Å²) in [7, 11) is 0. The van der Waals surface area contributed by atoms with Gasteiger partial charge in [-0.05, 0) is 38.9 Å². The molecule has 0 unspecified atom stereocenters. The lowest BCUT2D eigenvalue weighted by Crippen LogP contribution is -2.29. The van der Waals surface area contributed by atoms with Crippen LogP contribution in [0.1, 0.15) is 33.8 Å². The van der Waals surface area contributed by atoms with Gasteiger partial charge in [-0.15, -0.1) is 11.8 Å². The number of aromatic nitrogens is 1. The van der Waals surface area contributed by atoms with Crippen LogP contribution in [0.15, 0.2) is 45.3 Å². The molecule has 0 aliphatic carbocycles. The first kappa shape index (κ1) is 17.8. The molecule has 0 saturated heterocycles. The normalized spacial score (nSPS) is 14.2. The number of carbonyl (C=O) groups excluding carboxylic acids is 1. The summed E-state index contributed by atoms with van der Waals surface area (Å²) in [4.78, 5) is 13.6. The van der Waals surface area contributed by atoms with Gasteiger partial charge in [0, 0.05) is 29.3 Å². The van der Waals surface area contributed by atoms with Gasteiger partial charge in [-0.1, -0.05) is 28.9 Å². The molecule has 1 aromatic heterocycles. The van der Waals surface area contributed by atoms with Crippen molar-refractivity contribution in [3.05, 3.63) is 58.5 Å². The summed E-state index contributed by atoms with van der Waals surface area (Å²) in [5.74, 6) is 1.55. The Balaban J connectivity index is 1.65. The molecule has 132 valence electrons. The number of carbonyl (C=O) groups is 1. The van der Waals surface area contributed by atoms with Crippen molar-refractivity contribution >= 4 is 17.7 Å². The maximum Gasteiger partial charge on any atom is 0.252 e. The molecular formula is C19H23N3O2S. The van der Waals surface area contributed by atoms with Gasteiger partial charge in [0.05, 0.1) is 11.3 Å². The van der Waals surface area contributed by atoms with Crippen molar-refractivity contribution in [2.24, 2.45) is 0 Å². The molecule has 0 atom stereocenters. The SMILES string of the molecule is Cc1noc(C)c1CSc1ccccc1C(=O)NCC1=CCNCC1. The second-order valence-electron chi connectivity index (χ2n) is 6.09. The van der Waals surface area contributed by atoms with Crippen LogP contribution >= 0.6 is 11.8 Å². The summed E-state index contributed by atoms with van der Waals surface area (Å²) in [5.41, 5.74) is 4.01. The number of nitrogens with one attached hydrogen (secondary N) is 2. The lowest BCUT2D eigenvalue weighted by atomic mass is 10.1. The lowest BCUT2D eigenvalue weighted by Gasteiger charge is -2.15. The van der Waals surface area contributed by atoms with Crippen LogP contribution in [-0.4, -0.2) is 30.7 Å². The number of thioether (sulfide) groups is 1. The summed E-state index contributed by atoms with van der Waals surface area (Å²) >= 11 is 1.64. The third-order valence-electron chi connectivity index (χ3n) is 4.32. The molecular weight excluding hydrogens is 334 g/mol. The molecule has 1 aliphatic rings. The van der Waals surface area contributed by atoms with Crippen LogP contribution in [0.2, 0.25) is 0 Å². The average molecular weight is 357 g/mol. The third-order valence-corrected chi connectivity index (χ3v) is 5.42. The van der Waals surface area contributed by atoms with Gasteiger partial charge in [0.1, 0.15) is 5.76 Å². The molecule has 1 amide bonds. The molecule has 0 radical (unpaired) electrons. The van der Waals surface area contributed by atoms with E-state index >= 15 is 0 Å². The van der Waals surface area contributed by atoms with Gasteiger partial charge in [-0.2, -0.15) is 0 Å². The van der Waals surface area contributed by atoms with Crippen LogP contribution < -0.4 is 10.6 Å². The van der Waals surface area contributed by atoms with Crippen molar-refractivity contribution in [3.63, 3.8) is 0 Å². The molecule has 0 fully saturated rings. The number of hydrogen-bond acceptors (Lipinski definition) is 5. The Morgan fingerprint density at radius 2 is 2.20 bits per heavy atom. The second-order valence-corrected chi connectivity index (χ2v) is 7.10. The molecule has 0 saturated carbocycles. The minimum atomic E-state index is -0.0266. The highest BCUT2D eigenvalue weighted by Crippen LogP contribution is 2.28. The minimum Gasteiger partial charge on any atom is -0.361 e. The van der Waals surface area contributed by atoms with Gasteiger partial charge >= 0.3 is 0 Å². The molecule has 25 heavy (non-hydrogen) atoms. The highest BCUT2D eigenvalue weighted by Gasteiger charge is 2.14. The first-order chi connectivity index (χ1) is 12.1. The third kappa shape index (κ3) is 4.52. The zero-order chi connectivity index (χ0) is 17.6. The Hall–Kier alpha value is -2.05. The molecule has 0 spiro atoms. The van der Waals surface area contributed by atoms with Crippen LogP contribution in [0.5, 0.6) is 0 Å². The predicted molar refractivity (Wildman–Crippen MR) is 99.9 cm³/mol. The fraction of sp³-hybridized carbons (Fsp3) is 0.368. The first-order valence-corrected chi connectivity index (χ1v) is 9.44. The van der Waals surface area contributed by atoms with E-state index in [0.29, 0.717) is 12.1 Å². The Morgan fingerprint density at radius 1 is 1.36 bits per heavy atom. The molecule has 3 rings (SSSR count). The smallest absolute Gasteiger partial charge is 0.252 e. The highest BCUT2D eigenvalue weighted by molar-refractivity contribution is 7.98. The second kappa shape index (κ2) is 8.36. The maximum atomic E-state index is 12.6. The Bertz CT molecular complexity index is 763. The zero-order valence-corrected chi connectivity index (χ0v) is 15.4. The summed E-state index contributed by atoms with van der Waals surface area (Å²) < 4.78 is 5.21. The zero-order valence-electron chi connectivity index (χ0n) is 14.6. The molecule has 2 aromatic rings. The van der Waals surface area contributed by atoms with Crippen LogP contribution in [-0.2, 0) is 5.75 Å². The van der Waals surface area contributed by atoms with E-state index in [1.165, 1.54) is 5.57 Å². The molecule has 5 nitrogen and oxygen atoms in total. The average Bonchev–Trinajstić information content (AvgIpc) is 2.97. The van der Waals surface area contributed by atoms with Gasteiger partial charge in [0.25, 0.3) is 5.91 Å². The molecule has 1 aliphatic heterocycles. The van der Waals surface area contributed by atoms with Crippen LogP contribution in [0.25, 0.3) is 0 Å². The quantitative estimate of drug-likeness (QED) is 0.614. The largest absolute Gasteiger partial charge is 0.361 e. The van der Waals surface area contributed by atoms with E-state index in [9.17, 15) is 4.79 Å². The number of benzene rings is 1. The van der Waals surface area contributed by atoms with Gasteiger partial charge in [0.2, 0.25) is 0 Å². The lowest BCUT2D eigenvalue weighted by molar-refractivity contribution is 0.0953. The minimum absolute atomic E-state index is 0.0266. The van der Waals surface area contributed by atoms with Crippen LogP contribution in [0.3, 0.4) is 0 Å². The fourth-order valence-electron chi connectivity index (χ4n) is 2.76. The van der Waals surface area contributed by atoms with Crippen molar-refractivity contribution in [1.29, 1.82) is 0 Å². The Kier molecular flexibility index (Phi) is 5.94. The molecule has 2 N–H and O–H groups in total. The van der Waals surface area contributed by atoms with Gasteiger partial charge in [0.15, 0.2) is 0 Å². The summed E-state index contributed by atoms with van der Waals surface area (Å²) in [6.07, 6.45) is 3.14. The van der Waals surface area contributed by atoms with Crippen molar-refractivity contribution in [3.8, 4) is 0 Å². The topological polar surface area (TPSA) is 67.2 Å². The summed E-state index contributed by atoms with van der Waals surface area (Å²) in [5, 5.41) is 10.3. The Morgan fingerprint density at radius 3 is 2.92 bits per heavy atom. The molecule has 6 heteroatoms. The van der Waals surface area contributed by atoms with Gasteiger partial charge in [-0.25, -0.2) is 0 Å². The van der Waals surface area contributed by atoms with Crippen LogP contribution in [0, 0.1) is 13.8 Å². The predicted octanol–water partition coefficient (Wildman–Crippen LogP) is 3.23. The van der Waals surface area contributed by atoms with E-state index in [2.05, 4.69) is 21.9 Å². The summed E-state index contributed by atoms with van der Waals surface area (Å²) in [6.45, 7) is 6.34. The number of nitrogens with zero attached hydrogens (tertiary/aromatic N) is 1. The standard InChI is InChI=1S/C19H23N3O2S/c1-13-17(14(2)24-22-13)12-25-18-6-4-3-5-16(18)19(23)21-11-15-7-9-20-10-8-15/h3-7,20H,8-12H2,1-2H3,(H,21,23). The Labute approximate surface area is 152 Å². The monoisotopic (exact) mass is 357 g/mol. The van der Waals surface area contributed by atoms with E-state index in [1.54, 1.807) is 11.8 Å². The van der Waals surface area contributed by atoms with Gasteiger partial charge < -0.3 is 15.2 Å². The highest BCUT2D eigenvalue weighted by atomic mass is 32.2. The van der Waals surface area contributed by atoms with Crippen LogP contribution in [0.4, 0.5) is 0 Å². The summed E-state index contributed by atoms with van der Waals surface area (Å²) in [6, 6.07) is 7.73.